The molecule has 0 saturated carbocycles. The molecule has 19 heavy (non-hydrogen) atoms. The van der Waals surface area contributed by atoms with Gasteiger partial charge in [0.05, 0.1) is 0 Å². The minimum absolute atomic E-state index is 0.161. The second-order valence-corrected chi connectivity index (χ2v) is 3.57. The molecule has 0 aromatic heterocycles. The minimum Gasteiger partial charge on any atom is -0.482 e. The molecule has 0 heterocycles. The van der Waals surface area contributed by atoms with Gasteiger partial charge in [0.1, 0.15) is 12.4 Å². The number of alkyl carbamates (subject to hydrolysis) is 1. The lowest BCUT2D eigenvalue weighted by Gasteiger charge is -2.07. The van der Waals surface area contributed by atoms with Crippen molar-refractivity contribution in [2.24, 2.45) is 0 Å². The topological polar surface area (TPSA) is 84.9 Å². The second kappa shape index (κ2) is 7.75. The van der Waals surface area contributed by atoms with Gasteiger partial charge in [0, 0.05) is 6.54 Å². The number of nitrogens with one attached hydrogen (secondary N) is 1. The van der Waals surface area contributed by atoms with Crippen molar-refractivity contribution in [3.8, 4) is 5.75 Å². The first-order chi connectivity index (χ1) is 9.11. The maximum absolute atomic E-state index is 11.1. The number of amides is 1. The Labute approximate surface area is 110 Å². The molecule has 0 bridgehead atoms. The maximum Gasteiger partial charge on any atom is 0.407 e. The molecule has 1 aromatic carbocycles. The summed E-state index contributed by atoms with van der Waals surface area (Å²) >= 11 is 0. The lowest BCUT2D eigenvalue weighted by molar-refractivity contribution is -0.139. The van der Waals surface area contributed by atoms with Gasteiger partial charge in [-0.05, 0) is 17.7 Å². The number of aliphatic carboxylic acids is 1. The zero-order valence-corrected chi connectivity index (χ0v) is 10.3. The van der Waals surface area contributed by atoms with Crippen molar-refractivity contribution in [3.05, 3.63) is 42.5 Å². The first-order valence-corrected chi connectivity index (χ1v) is 5.57. The third-order valence-corrected chi connectivity index (χ3v) is 2.05. The van der Waals surface area contributed by atoms with Crippen molar-refractivity contribution in [1.82, 2.24) is 5.32 Å². The summed E-state index contributed by atoms with van der Waals surface area (Å²) in [5, 5.41) is 11.0. The zero-order valence-electron chi connectivity index (χ0n) is 10.3. The van der Waals surface area contributed by atoms with E-state index in [1.165, 1.54) is 6.08 Å². The lowest BCUT2D eigenvalue weighted by atomic mass is 10.2. The Hall–Kier alpha value is -2.50. The number of benzene rings is 1. The normalized spacial score (nSPS) is 9.47. The molecule has 6 nitrogen and oxygen atoms in total. The number of hydrogen-bond donors (Lipinski definition) is 2. The van der Waals surface area contributed by atoms with E-state index in [-0.39, 0.29) is 13.2 Å². The summed E-state index contributed by atoms with van der Waals surface area (Å²) in [5.74, 6) is -0.573. The fourth-order valence-corrected chi connectivity index (χ4v) is 1.21. The number of carbonyl (C=O) groups excluding carboxylic acids is 1. The highest BCUT2D eigenvalue weighted by molar-refractivity contribution is 5.68. The summed E-state index contributed by atoms with van der Waals surface area (Å²) in [6, 6.07) is 6.72. The van der Waals surface area contributed by atoms with Gasteiger partial charge in [-0.15, -0.1) is 0 Å². The summed E-state index contributed by atoms with van der Waals surface area (Å²) < 4.78 is 9.72. The van der Waals surface area contributed by atoms with Crippen LogP contribution in [-0.4, -0.2) is 30.4 Å². The fourth-order valence-electron chi connectivity index (χ4n) is 1.21. The molecular formula is C13H15NO5. The number of hydrogen-bond acceptors (Lipinski definition) is 4. The molecule has 0 fully saturated rings. The number of carboxylic acids is 1. The van der Waals surface area contributed by atoms with Gasteiger partial charge in [-0.1, -0.05) is 24.8 Å². The molecule has 102 valence electrons. The average molecular weight is 265 g/mol. The van der Waals surface area contributed by atoms with Crippen molar-refractivity contribution in [2.45, 2.75) is 6.54 Å². The van der Waals surface area contributed by atoms with Crippen molar-refractivity contribution in [3.63, 3.8) is 0 Å². The van der Waals surface area contributed by atoms with Crippen LogP contribution in [0.2, 0.25) is 0 Å². The van der Waals surface area contributed by atoms with Crippen LogP contribution in [0, 0.1) is 0 Å². The van der Waals surface area contributed by atoms with E-state index in [2.05, 4.69) is 11.9 Å². The van der Waals surface area contributed by atoms with Gasteiger partial charge in [-0.25, -0.2) is 9.59 Å². The van der Waals surface area contributed by atoms with Gasteiger partial charge < -0.3 is 19.9 Å². The Morgan fingerprint density at radius 2 is 2.00 bits per heavy atom. The molecule has 0 atom stereocenters. The number of ether oxygens (including phenoxy) is 2. The maximum atomic E-state index is 11.1. The number of rotatable bonds is 7. The predicted octanol–water partition coefficient (Wildman–Crippen LogP) is 1.56. The molecule has 0 aliphatic heterocycles. The van der Waals surface area contributed by atoms with Crippen LogP contribution in [-0.2, 0) is 16.1 Å². The second-order valence-electron chi connectivity index (χ2n) is 3.57. The average Bonchev–Trinajstić information content (AvgIpc) is 2.41. The van der Waals surface area contributed by atoms with E-state index >= 15 is 0 Å². The van der Waals surface area contributed by atoms with Gasteiger partial charge >= 0.3 is 12.1 Å². The molecule has 0 spiro atoms. The van der Waals surface area contributed by atoms with Gasteiger partial charge in [0.15, 0.2) is 6.61 Å². The summed E-state index contributed by atoms with van der Waals surface area (Å²) in [5.41, 5.74) is 0.846. The zero-order chi connectivity index (χ0) is 14.1. The molecule has 0 saturated heterocycles. The van der Waals surface area contributed by atoms with Gasteiger partial charge in [-0.2, -0.15) is 0 Å². The molecule has 0 radical (unpaired) electrons. The lowest BCUT2D eigenvalue weighted by Crippen LogP contribution is -2.23. The van der Waals surface area contributed by atoms with E-state index in [4.69, 9.17) is 14.6 Å². The number of carboxylic acid groups (broad SMARTS) is 1. The quantitative estimate of drug-likeness (QED) is 0.731. The van der Waals surface area contributed by atoms with Crippen molar-refractivity contribution in [1.29, 1.82) is 0 Å². The highest BCUT2D eigenvalue weighted by Gasteiger charge is 2.02. The molecular weight excluding hydrogens is 250 g/mol. The van der Waals surface area contributed by atoms with Crippen LogP contribution < -0.4 is 10.1 Å². The van der Waals surface area contributed by atoms with E-state index in [1.54, 1.807) is 24.3 Å². The van der Waals surface area contributed by atoms with Gasteiger partial charge in [0.2, 0.25) is 0 Å². The highest BCUT2D eigenvalue weighted by Crippen LogP contribution is 2.11. The van der Waals surface area contributed by atoms with Crippen LogP contribution in [0.15, 0.2) is 36.9 Å². The smallest absolute Gasteiger partial charge is 0.407 e. The largest absolute Gasteiger partial charge is 0.482 e. The molecule has 0 aliphatic rings. The Morgan fingerprint density at radius 1 is 1.32 bits per heavy atom. The molecule has 2 N–H and O–H groups in total. The molecule has 0 unspecified atom stereocenters. The Morgan fingerprint density at radius 3 is 2.58 bits per heavy atom. The van der Waals surface area contributed by atoms with Crippen LogP contribution in [0.5, 0.6) is 5.75 Å². The van der Waals surface area contributed by atoms with Crippen LogP contribution in [0.3, 0.4) is 0 Å². The van der Waals surface area contributed by atoms with E-state index in [9.17, 15) is 9.59 Å². The van der Waals surface area contributed by atoms with Crippen LogP contribution >= 0.6 is 0 Å². The number of carbonyl (C=O) groups is 2. The highest BCUT2D eigenvalue weighted by atomic mass is 16.5. The summed E-state index contributed by atoms with van der Waals surface area (Å²) in [4.78, 5) is 21.5. The SMILES string of the molecule is C=CCOC(=O)NCc1ccc(OCC(=O)O)cc1. The Balaban J connectivity index is 2.37. The van der Waals surface area contributed by atoms with Crippen molar-refractivity contribution < 1.29 is 24.2 Å². The Bertz CT molecular complexity index is 441. The third-order valence-electron chi connectivity index (χ3n) is 2.05. The molecule has 1 rings (SSSR count). The van der Waals surface area contributed by atoms with Crippen LogP contribution in [0.25, 0.3) is 0 Å². The van der Waals surface area contributed by atoms with Crippen LogP contribution in [0.4, 0.5) is 4.79 Å². The van der Waals surface area contributed by atoms with E-state index in [1.807, 2.05) is 0 Å². The fraction of sp³-hybridized carbons (Fsp3) is 0.231. The van der Waals surface area contributed by atoms with Gasteiger partial charge in [0.25, 0.3) is 0 Å². The summed E-state index contributed by atoms with van der Waals surface area (Å²) in [6.45, 7) is 3.52. The molecule has 6 heteroatoms. The summed E-state index contributed by atoms with van der Waals surface area (Å²) in [6.07, 6.45) is 0.958. The van der Waals surface area contributed by atoms with E-state index < -0.39 is 12.1 Å². The minimum atomic E-state index is -1.03. The predicted molar refractivity (Wildman–Crippen MR) is 68.0 cm³/mol. The van der Waals surface area contributed by atoms with E-state index in [0.29, 0.717) is 12.3 Å². The molecule has 1 aromatic rings. The van der Waals surface area contributed by atoms with Crippen LogP contribution in [0.1, 0.15) is 5.56 Å². The van der Waals surface area contributed by atoms with Gasteiger partial charge in [-0.3, -0.25) is 0 Å². The van der Waals surface area contributed by atoms with Crippen molar-refractivity contribution >= 4 is 12.1 Å². The Kier molecular flexibility index (Phi) is 5.94. The standard InChI is InChI=1S/C13H15NO5/c1-2-7-18-13(17)14-8-10-3-5-11(6-4-10)19-9-12(15)16/h2-6H,1,7-9H2,(H,14,17)(H,15,16). The van der Waals surface area contributed by atoms with E-state index in [0.717, 1.165) is 5.56 Å². The molecule has 1 amide bonds. The van der Waals surface area contributed by atoms with Crippen molar-refractivity contribution in [2.75, 3.05) is 13.2 Å². The third kappa shape index (κ3) is 6.11. The summed E-state index contributed by atoms with van der Waals surface area (Å²) in [7, 11) is 0. The molecule has 0 aliphatic carbocycles. The monoisotopic (exact) mass is 265 g/mol. The first-order valence-electron chi connectivity index (χ1n) is 5.57. The first kappa shape index (κ1) is 14.6.